The Morgan fingerprint density at radius 1 is 1.34 bits per heavy atom. The number of carbonyl (C=O) groups excluding carboxylic acids is 1. The molecule has 0 bridgehead atoms. The molecule has 2 aliphatic rings. The summed E-state index contributed by atoms with van der Waals surface area (Å²) in [4.78, 5) is 26.2. The van der Waals surface area contributed by atoms with Crippen molar-refractivity contribution in [2.45, 2.75) is 38.8 Å². The number of amides is 2. The minimum atomic E-state index is -0.0296. The third-order valence-electron chi connectivity index (χ3n) is 6.74. The van der Waals surface area contributed by atoms with Crippen LogP contribution in [0.4, 0.5) is 10.5 Å². The lowest BCUT2D eigenvalue weighted by atomic mass is 10.00. The number of hydrogen-bond donors (Lipinski definition) is 2. The molecule has 0 aliphatic carbocycles. The van der Waals surface area contributed by atoms with Crippen LogP contribution in [0, 0.1) is 6.92 Å². The number of benzene rings is 1. The van der Waals surface area contributed by atoms with Gasteiger partial charge in [0, 0.05) is 67.0 Å². The highest BCUT2D eigenvalue weighted by Gasteiger charge is 2.32. The molecule has 0 radical (unpaired) electrons. The lowest BCUT2D eigenvalue weighted by Crippen LogP contribution is -2.52. The Morgan fingerprint density at radius 3 is 3.11 bits per heavy atom. The number of nitrogens with one attached hydrogen (secondary N) is 2. The van der Waals surface area contributed by atoms with Crippen molar-refractivity contribution in [2.75, 3.05) is 31.5 Å². The van der Waals surface area contributed by atoms with Crippen molar-refractivity contribution in [3.8, 4) is 11.3 Å². The van der Waals surface area contributed by atoms with E-state index in [0.29, 0.717) is 6.54 Å². The molecule has 2 aromatic heterocycles. The zero-order valence-corrected chi connectivity index (χ0v) is 20.1. The SMILES string of the molecule is C=C=CCCN=CCN1CCC[C@@H](N2Cc3cc4c(-c5ccnc(C)c5)n[nH]c4cc3NC2=O)C1. The second-order valence-corrected chi connectivity index (χ2v) is 9.21. The summed E-state index contributed by atoms with van der Waals surface area (Å²) in [5, 5.41) is 11.9. The van der Waals surface area contributed by atoms with E-state index in [4.69, 9.17) is 0 Å². The zero-order chi connectivity index (χ0) is 24.2. The van der Waals surface area contributed by atoms with Gasteiger partial charge in [-0.2, -0.15) is 5.10 Å². The van der Waals surface area contributed by atoms with E-state index in [0.717, 1.165) is 84.5 Å². The lowest BCUT2D eigenvalue weighted by molar-refractivity contribution is 0.121. The molecule has 0 unspecified atom stereocenters. The van der Waals surface area contributed by atoms with Crippen molar-refractivity contribution in [1.29, 1.82) is 0 Å². The number of rotatable bonds is 7. The molecule has 0 saturated carbocycles. The molecule has 1 fully saturated rings. The van der Waals surface area contributed by atoms with Gasteiger partial charge in [0.15, 0.2) is 0 Å². The Balaban J connectivity index is 1.32. The van der Waals surface area contributed by atoms with Gasteiger partial charge in [-0.15, -0.1) is 5.73 Å². The molecule has 5 rings (SSSR count). The Hall–Kier alpha value is -3.74. The third kappa shape index (κ3) is 5.04. The Morgan fingerprint density at radius 2 is 2.26 bits per heavy atom. The molecule has 180 valence electrons. The summed E-state index contributed by atoms with van der Waals surface area (Å²) in [6, 6.07) is 8.33. The summed E-state index contributed by atoms with van der Waals surface area (Å²) in [7, 11) is 0. The standard InChI is InChI=1S/C27H31N7O/c1-3-4-5-9-28-11-13-33-12-6-7-22(18-33)34-17-21-15-23-25(16-24(21)30-27(34)35)31-32-26(23)20-8-10-29-19(2)14-20/h4,8,10-11,14-16,22H,1,5-7,9,12-13,17-18H2,2H3,(H,30,35)(H,31,32)/t22-/m1/s1. The van der Waals surface area contributed by atoms with Gasteiger partial charge in [-0.25, -0.2) is 4.79 Å². The van der Waals surface area contributed by atoms with Crippen LogP contribution in [0.1, 0.15) is 30.5 Å². The highest BCUT2D eigenvalue weighted by molar-refractivity contribution is 6.00. The van der Waals surface area contributed by atoms with Gasteiger partial charge in [0.1, 0.15) is 5.69 Å². The van der Waals surface area contributed by atoms with Crippen LogP contribution in [-0.2, 0) is 6.54 Å². The maximum atomic E-state index is 13.0. The van der Waals surface area contributed by atoms with Gasteiger partial charge < -0.3 is 10.2 Å². The van der Waals surface area contributed by atoms with E-state index in [9.17, 15) is 4.79 Å². The molecular weight excluding hydrogens is 438 g/mol. The maximum absolute atomic E-state index is 13.0. The monoisotopic (exact) mass is 469 g/mol. The minimum absolute atomic E-state index is 0.0296. The van der Waals surface area contributed by atoms with Crippen molar-refractivity contribution in [2.24, 2.45) is 4.99 Å². The number of H-pyrrole nitrogens is 1. The van der Waals surface area contributed by atoms with E-state index in [1.165, 1.54) is 0 Å². The van der Waals surface area contributed by atoms with Gasteiger partial charge in [-0.05, 0) is 68.6 Å². The Bertz CT molecular complexity index is 1300. The van der Waals surface area contributed by atoms with Crippen molar-refractivity contribution in [3.63, 3.8) is 0 Å². The summed E-state index contributed by atoms with van der Waals surface area (Å²) >= 11 is 0. The molecule has 2 N–H and O–H groups in total. The molecule has 1 atom stereocenters. The number of anilines is 1. The number of aromatic nitrogens is 3. The quantitative estimate of drug-likeness (QED) is 0.302. The van der Waals surface area contributed by atoms with Gasteiger partial charge in [-0.1, -0.05) is 6.58 Å². The average molecular weight is 470 g/mol. The van der Waals surface area contributed by atoms with Crippen LogP contribution in [0.15, 0.2) is 53.8 Å². The summed E-state index contributed by atoms with van der Waals surface area (Å²) in [5.74, 6) is 0. The van der Waals surface area contributed by atoms with E-state index in [-0.39, 0.29) is 12.1 Å². The predicted octanol–water partition coefficient (Wildman–Crippen LogP) is 4.55. The number of nitrogens with zero attached hydrogens (tertiary/aromatic N) is 5. The fraction of sp³-hybridized carbons (Fsp3) is 0.370. The maximum Gasteiger partial charge on any atom is 0.322 e. The first kappa shape index (κ1) is 23.0. The molecular formula is C27H31N7O. The minimum Gasteiger partial charge on any atom is -0.316 e. The first-order valence-corrected chi connectivity index (χ1v) is 12.2. The Kier molecular flexibility index (Phi) is 6.75. The predicted molar refractivity (Wildman–Crippen MR) is 140 cm³/mol. The number of pyridine rings is 1. The van der Waals surface area contributed by atoms with Crippen LogP contribution in [0.2, 0.25) is 0 Å². The highest BCUT2D eigenvalue weighted by Crippen LogP contribution is 2.34. The molecule has 1 saturated heterocycles. The van der Waals surface area contributed by atoms with Gasteiger partial charge in [0.2, 0.25) is 0 Å². The van der Waals surface area contributed by atoms with Crippen LogP contribution in [0.25, 0.3) is 22.2 Å². The van der Waals surface area contributed by atoms with Gasteiger partial charge in [-0.3, -0.25) is 20.0 Å². The third-order valence-corrected chi connectivity index (χ3v) is 6.74. The molecule has 1 aromatic carbocycles. The topological polar surface area (TPSA) is 89.5 Å². The number of piperidine rings is 1. The number of urea groups is 1. The van der Waals surface area contributed by atoms with Crippen LogP contribution < -0.4 is 5.32 Å². The van der Waals surface area contributed by atoms with Gasteiger partial charge in [0.25, 0.3) is 0 Å². The van der Waals surface area contributed by atoms with Crippen LogP contribution >= 0.6 is 0 Å². The van der Waals surface area contributed by atoms with Crippen molar-refractivity contribution in [3.05, 3.63) is 60.1 Å². The molecule has 8 heteroatoms. The number of aliphatic imine (C=N–C) groups is 1. The van der Waals surface area contributed by atoms with E-state index < -0.39 is 0 Å². The molecule has 2 aliphatic heterocycles. The number of hydrogen-bond acceptors (Lipinski definition) is 5. The van der Waals surface area contributed by atoms with Gasteiger partial charge in [0.05, 0.1) is 5.52 Å². The highest BCUT2D eigenvalue weighted by atomic mass is 16.2. The molecule has 8 nitrogen and oxygen atoms in total. The Labute approximate surface area is 205 Å². The lowest BCUT2D eigenvalue weighted by Gasteiger charge is -2.41. The number of likely N-dealkylation sites (tertiary alicyclic amines) is 1. The smallest absolute Gasteiger partial charge is 0.316 e. The number of aryl methyl sites for hydroxylation is 1. The number of carbonyl (C=O) groups is 1. The molecule has 0 spiro atoms. The first-order valence-electron chi connectivity index (χ1n) is 12.2. The second kappa shape index (κ2) is 10.3. The second-order valence-electron chi connectivity index (χ2n) is 9.21. The summed E-state index contributed by atoms with van der Waals surface area (Å²) in [5.41, 5.74) is 8.54. The zero-order valence-electron chi connectivity index (χ0n) is 20.1. The van der Waals surface area contributed by atoms with Crippen LogP contribution in [0.5, 0.6) is 0 Å². The first-order chi connectivity index (χ1) is 17.1. The fourth-order valence-electron chi connectivity index (χ4n) is 4.96. The number of aromatic amines is 1. The molecule has 3 aromatic rings. The van der Waals surface area contributed by atoms with E-state index >= 15 is 0 Å². The van der Waals surface area contributed by atoms with Crippen molar-refractivity contribution < 1.29 is 4.79 Å². The molecule has 35 heavy (non-hydrogen) atoms. The van der Waals surface area contributed by atoms with Crippen molar-refractivity contribution >= 4 is 28.8 Å². The summed E-state index contributed by atoms with van der Waals surface area (Å²) in [6.07, 6.45) is 8.64. The fourth-order valence-corrected chi connectivity index (χ4v) is 4.96. The average Bonchev–Trinajstić information content (AvgIpc) is 3.27. The van der Waals surface area contributed by atoms with E-state index in [1.807, 2.05) is 48.5 Å². The van der Waals surface area contributed by atoms with Crippen LogP contribution in [0.3, 0.4) is 0 Å². The normalized spacial score (nSPS) is 18.5. The van der Waals surface area contributed by atoms with Crippen molar-refractivity contribution in [1.82, 2.24) is 25.0 Å². The number of fused-ring (bicyclic) bond motifs is 2. The van der Waals surface area contributed by atoms with E-state index in [2.05, 4.69) is 48.8 Å². The summed E-state index contributed by atoms with van der Waals surface area (Å²) in [6.45, 7) is 9.61. The van der Waals surface area contributed by atoms with Crippen LogP contribution in [-0.4, -0.2) is 69.4 Å². The summed E-state index contributed by atoms with van der Waals surface area (Å²) < 4.78 is 0. The molecule has 4 heterocycles. The van der Waals surface area contributed by atoms with Gasteiger partial charge >= 0.3 is 6.03 Å². The largest absolute Gasteiger partial charge is 0.322 e. The van der Waals surface area contributed by atoms with E-state index in [1.54, 1.807) is 0 Å². The molecule has 2 amide bonds.